The third kappa shape index (κ3) is 3.98. The monoisotopic (exact) mass is 318 g/mol. The second kappa shape index (κ2) is 7.42. The average Bonchev–Trinajstić information content (AvgIpc) is 2.62. The Labute approximate surface area is 140 Å². The molecule has 0 spiro atoms. The summed E-state index contributed by atoms with van der Waals surface area (Å²) in [6.07, 6.45) is 3.12. The Balaban J connectivity index is 1.64. The zero-order valence-electron chi connectivity index (χ0n) is 13.2. The lowest BCUT2D eigenvalue weighted by atomic mass is 10.0. The van der Waals surface area contributed by atoms with Gasteiger partial charge in [-0.15, -0.1) is 0 Å². The number of aromatic nitrogens is 1. The van der Waals surface area contributed by atoms with Crippen molar-refractivity contribution in [2.24, 2.45) is 5.73 Å². The number of pyridine rings is 1. The van der Waals surface area contributed by atoms with Crippen LogP contribution in [-0.4, -0.2) is 10.9 Å². The summed E-state index contributed by atoms with van der Waals surface area (Å²) in [5, 5.41) is 0. The zero-order valence-corrected chi connectivity index (χ0v) is 13.2. The van der Waals surface area contributed by atoms with E-state index in [1.54, 1.807) is 18.3 Å². The predicted octanol–water partition coefficient (Wildman–Crippen LogP) is 3.76. The number of para-hydroxylation sites is 1. The van der Waals surface area contributed by atoms with Gasteiger partial charge in [0.15, 0.2) is 0 Å². The summed E-state index contributed by atoms with van der Waals surface area (Å²) in [4.78, 5) is 15.7. The number of aryl methyl sites for hydroxylation is 2. The second-order valence-corrected chi connectivity index (χ2v) is 5.42. The van der Waals surface area contributed by atoms with Crippen molar-refractivity contribution in [3.05, 3.63) is 89.7 Å². The van der Waals surface area contributed by atoms with Crippen LogP contribution in [0.1, 0.15) is 21.6 Å². The number of carbonyl (C=O) groups excluding carboxylic acids is 1. The van der Waals surface area contributed by atoms with E-state index in [0.717, 1.165) is 29.2 Å². The van der Waals surface area contributed by atoms with Crippen LogP contribution in [0, 0.1) is 0 Å². The van der Waals surface area contributed by atoms with Crippen molar-refractivity contribution in [3.8, 4) is 11.5 Å². The van der Waals surface area contributed by atoms with Crippen molar-refractivity contribution in [2.75, 3.05) is 0 Å². The molecule has 0 saturated heterocycles. The summed E-state index contributed by atoms with van der Waals surface area (Å²) < 4.78 is 5.77. The lowest BCUT2D eigenvalue weighted by Gasteiger charge is -2.08. The Morgan fingerprint density at radius 3 is 2.29 bits per heavy atom. The van der Waals surface area contributed by atoms with Gasteiger partial charge in [0.2, 0.25) is 0 Å². The third-order valence-corrected chi connectivity index (χ3v) is 3.71. The van der Waals surface area contributed by atoms with Gasteiger partial charge < -0.3 is 10.5 Å². The molecule has 120 valence electrons. The molecule has 0 radical (unpaired) electrons. The molecule has 3 aromatic rings. The lowest BCUT2D eigenvalue weighted by Crippen LogP contribution is -2.15. The van der Waals surface area contributed by atoms with E-state index in [1.165, 1.54) is 0 Å². The van der Waals surface area contributed by atoms with E-state index in [4.69, 9.17) is 10.5 Å². The maximum absolute atomic E-state index is 11.4. The maximum Gasteiger partial charge on any atom is 0.250 e. The Morgan fingerprint density at radius 1 is 0.875 bits per heavy atom. The number of ether oxygens (including phenoxy) is 1. The Kier molecular flexibility index (Phi) is 4.87. The Bertz CT molecular complexity index is 815. The van der Waals surface area contributed by atoms with Crippen molar-refractivity contribution in [1.82, 2.24) is 4.98 Å². The fourth-order valence-electron chi connectivity index (χ4n) is 2.47. The van der Waals surface area contributed by atoms with Crippen LogP contribution in [0.3, 0.4) is 0 Å². The highest BCUT2D eigenvalue weighted by Gasteiger charge is 2.08. The Morgan fingerprint density at radius 2 is 1.58 bits per heavy atom. The fraction of sp³-hybridized carbons (Fsp3) is 0.100. The molecule has 3 rings (SSSR count). The Hall–Kier alpha value is -3.14. The minimum absolute atomic E-state index is 0.440. The van der Waals surface area contributed by atoms with E-state index in [1.807, 2.05) is 54.6 Å². The van der Waals surface area contributed by atoms with Crippen molar-refractivity contribution in [3.63, 3.8) is 0 Å². The van der Waals surface area contributed by atoms with Gasteiger partial charge in [0.05, 0.1) is 11.3 Å². The molecule has 0 atom stereocenters. The SMILES string of the molecule is NC(=O)c1cccnc1CCc1ccc(Oc2ccccc2)cc1. The van der Waals surface area contributed by atoms with Crippen molar-refractivity contribution in [1.29, 1.82) is 0 Å². The zero-order chi connectivity index (χ0) is 16.8. The highest BCUT2D eigenvalue weighted by molar-refractivity contribution is 5.93. The molecular formula is C20H18N2O2. The molecule has 0 fully saturated rings. The van der Waals surface area contributed by atoms with E-state index >= 15 is 0 Å². The molecule has 4 heteroatoms. The van der Waals surface area contributed by atoms with Crippen LogP contribution >= 0.6 is 0 Å². The van der Waals surface area contributed by atoms with Gasteiger partial charge >= 0.3 is 0 Å². The van der Waals surface area contributed by atoms with Crippen LogP contribution in [-0.2, 0) is 12.8 Å². The second-order valence-electron chi connectivity index (χ2n) is 5.42. The number of amides is 1. The molecule has 0 aliphatic heterocycles. The highest BCUT2D eigenvalue weighted by Crippen LogP contribution is 2.21. The van der Waals surface area contributed by atoms with Crippen molar-refractivity contribution < 1.29 is 9.53 Å². The number of rotatable bonds is 6. The van der Waals surface area contributed by atoms with E-state index in [0.29, 0.717) is 12.0 Å². The van der Waals surface area contributed by atoms with Gasteiger partial charge in [0.1, 0.15) is 11.5 Å². The van der Waals surface area contributed by atoms with Crippen molar-refractivity contribution in [2.45, 2.75) is 12.8 Å². The van der Waals surface area contributed by atoms with E-state index in [9.17, 15) is 4.79 Å². The van der Waals surface area contributed by atoms with Gasteiger partial charge in [-0.2, -0.15) is 0 Å². The topological polar surface area (TPSA) is 65.2 Å². The summed E-state index contributed by atoms with van der Waals surface area (Å²) in [6.45, 7) is 0. The minimum atomic E-state index is -0.440. The molecule has 0 unspecified atom stereocenters. The first kappa shape index (κ1) is 15.7. The standard InChI is InChI=1S/C20H18N2O2/c21-20(23)18-7-4-14-22-19(18)13-10-15-8-11-17(12-9-15)24-16-5-2-1-3-6-16/h1-9,11-12,14H,10,13H2,(H2,21,23). The molecule has 1 heterocycles. The van der Waals surface area contributed by atoms with Crippen LogP contribution in [0.2, 0.25) is 0 Å². The molecule has 0 bridgehead atoms. The molecule has 4 nitrogen and oxygen atoms in total. The predicted molar refractivity (Wildman–Crippen MR) is 93.1 cm³/mol. The van der Waals surface area contributed by atoms with E-state index in [2.05, 4.69) is 4.98 Å². The summed E-state index contributed by atoms with van der Waals surface area (Å²) >= 11 is 0. The first-order valence-electron chi connectivity index (χ1n) is 7.78. The van der Waals surface area contributed by atoms with Gasteiger partial charge in [0, 0.05) is 6.20 Å². The smallest absolute Gasteiger partial charge is 0.250 e. The number of hydrogen-bond donors (Lipinski definition) is 1. The average molecular weight is 318 g/mol. The molecule has 2 aromatic carbocycles. The minimum Gasteiger partial charge on any atom is -0.457 e. The van der Waals surface area contributed by atoms with Crippen LogP contribution < -0.4 is 10.5 Å². The van der Waals surface area contributed by atoms with Gasteiger partial charge in [-0.25, -0.2) is 0 Å². The summed E-state index contributed by atoms with van der Waals surface area (Å²) in [5.74, 6) is 1.16. The largest absolute Gasteiger partial charge is 0.457 e. The summed E-state index contributed by atoms with van der Waals surface area (Å²) in [7, 11) is 0. The molecule has 24 heavy (non-hydrogen) atoms. The number of carbonyl (C=O) groups is 1. The van der Waals surface area contributed by atoms with Crippen LogP contribution in [0.15, 0.2) is 72.9 Å². The van der Waals surface area contributed by atoms with Gasteiger partial charge in [-0.1, -0.05) is 30.3 Å². The lowest BCUT2D eigenvalue weighted by molar-refractivity contribution is 0.0999. The maximum atomic E-state index is 11.4. The first-order valence-corrected chi connectivity index (χ1v) is 7.78. The summed E-state index contributed by atoms with van der Waals surface area (Å²) in [5.41, 5.74) is 7.75. The van der Waals surface area contributed by atoms with Gasteiger partial charge in [0.25, 0.3) is 5.91 Å². The third-order valence-electron chi connectivity index (χ3n) is 3.71. The quantitative estimate of drug-likeness (QED) is 0.752. The van der Waals surface area contributed by atoms with Gasteiger partial charge in [-0.3, -0.25) is 9.78 Å². The number of nitrogens with two attached hydrogens (primary N) is 1. The van der Waals surface area contributed by atoms with Gasteiger partial charge in [-0.05, 0) is 54.8 Å². The number of nitrogens with zero attached hydrogens (tertiary/aromatic N) is 1. The summed E-state index contributed by atoms with van der Waals surface area (Å²) in [6, 6.07) is 21.0. The van der Waals surface area contributed by atoms with E-state index in [-0.39, 0.29) is 0 Å². The molecule has 0 aliphatic rings. The normalized spacial score (nSPS) is 10.3. The molecule has 1 amide bonds. The van der Waals surface area contributed by atoms with Crippen LogP contribution in [0.4, 0.5) is 0 Å². The van der Waals surface area contributed by atoms with Crippen LogP contribution in [0.25, 0.3) is 0 Å². The number of benzene rings is 2. The van der Waals surface area contributed by atoms with Crippen molar-refractivity contribution >= 4 is 5.91 Å². The molecule has 1 aromatic heterocycles. The first-order chi connectivity index (χ1) is 11.7. The molecular weight excluding hydrogens is 300 g/mol. The molecule has 2 N–H and O–H groups in total. The highest BCUT2D eigenvalue weighted by atomic mass is 16.5. The number of primary amides is 1. The van der Waals surface area contributed by atoms with E-state index < -0.39 is 5.91 Å². The number of hydrogen-bond acceptors (Lipinski definition) is 3. The fourth-order valence-corrected chi connectivity index (χ4v) is 2.47. The molecule has 0 aliphatic carbocycles. The van der Waals surface area contributed by atoms with Crippen LogP contribution in [0.5, 0.6) is 11.5 Å². The molecule has 0 saturated carbocycles.